The number of thioether (sulfide) groups is 2. The first-order valence-corrected chi connectivity index (χ1v) is 14.8. The number of carbonyl (C=O) groups is 6. The molecule has 0 aliphatic rings. The monoisotopic (exact) mass is 634 g/mol. The van der Waals surface area contributed by atoms with Crippen molar-refractivity contribution in [3.05, 3.63) is 71.8 Å². The first-order chi connectivity index (χ1) is 20.2. The Hall–Kier alpha value is -3.84. The molecule has 0 bridgehead atoms. The fourth-order valence-corrected chi connectivity index (χ4v) is 4.59. The maximum absolute atomic E-state index is 13.2. The third kappa shape index (κ3) is 13.3. The molecule has 232 valence electrons. The Morgan fingerprint density at radius 1 is 0.674 bits per heavy atom. The molecule has 1 atom stereocenters. The van der Waals surface area contributed by atoms with Crippen molar-refractivity contribution in [2.24, 2.45) is 5.92 Å². The zero-order valence-corrected chi connectivity index (χ0v) is 26.1. The van der Waals surface area contributed by atoms with Gasteiger partial charge >= 0.3 is 28.5 Å². The van der Waals surface area contributed by atoms with E-state index in [0.717, 1.165) is 0 Å². The van der Waals surface area contributed by atoms with Gasteiger partial charge in [0.25, 0.3) is 0 Å². The van der Waals surface area contributed by atoms with Gasteiger partial charge in [0.1, 0.15) is 11.4 Å². The van der Waals surface area contributed by atoms with Gasteiger partial charge in [-0.3, -0.25) is 9.59 Å². The second-order valence-electron chi connectivity index (χ2n) is 10.4. The molecule has 0 unspecified atom stereocenters. The summed E-state index contributed by atoms with van der Waals surface area (Å²) in [5, 5.41) is -1.69. The highest BCUT2D eigenvalue weighted by Gasteiger charge is 2.37. The first-order valence-electron chi connectivity index (χ1n) is 13.0. The van der Waals surface area contributed by atoms with E-state index in [1.807, 2.05) is 0 Å². The van der Waals surface area contributed by atoms with Crippen LogP contribution in [0, 0.1) is 5.92 Å². The summed E-state index contributed by atoms with van der Waals surface area (Å²) in [6, 6.07) is 16.3. The molecule has 0 heterocycles. The predicted octanol–water partition coefficient (Wildman–Crippen LogP) is 6.05. The first kappa shape index (κ1) is 35.4. The van der Waals surface area contributed by atoms with E-state index >= 15 is 0 Å². The molecular weight excluding hydrogens is 600 g/mol. The molecule has 2 aromatic carbocycles. The van der Waals surface area contributed by atoms with Gasteiger partial charge < -0.3 is 23.7 Å². The van der Waals surface area contributed by atoms with Crippen LogP contribution in [0.2, 0.25) is 0 Å². The van der Waals surface area contributed by atoms with Crippen LogP contribution in [0.5, 0.6) is 0 Å². The van der Waals surface area contributed by atoms with Crippen LogP contribution in [0.15, 0.2) is 60.7 Å². The van der Waals surface area contributed by atoms with E-state index in [-0.39, 0.29) is 23.3 Å². The Morgan fingerprint density at radius 3 is 1.60 bits per heavy atom. The number of rotatable bonds is 13. The van der Waals surface area contributed by atoms with Crippen molar-refractivity contribution < 1.29 is 52.5 Å². The second-order valence-corrected chi connectivity index (χ2v) is 12.9. The third-order valence-corrected chi connectivity index (χ3v) is 7.28. The van der Waals surface area contributed by atoms with Gasteiger partial charge in [0, 0.05) is 12.2 Å². The van der Waals surface area contributed by atoms with Crippen LogP contribution in [0.1, 0.15) is 61.8 Å². The molecular formula is C30H34O11S2. The molecule has 0 spiro atoms. The molecule has 0 aromatic heterocycles. The van der Waals surface area contributed by atoms with Crippen molar-refractivity contribution in [2.75, 3.05) is 19.3 Å². The number of ketones is 1. The highest BCUT2D eigenvalue weighted by Crippen LogP contribution is 2.31. The molecule has 0 saturated carbocycles. The highest BCUT2D eigenvalue weighted by molar-refractivity contribution is 8.15. The Morgan fingerprint density at radius 2 is 1.14 bits per heavy atom. The Kier molecular flexibility index (Phi) is 13.7. The number of carbonyl (C=O) groups excluding carboxylic acids is 6. The highest BCUT2D eigenvalue weighted by atomic mass is 32.2. The Labute approximate surface area is 258 Å². The number of hydrogen-bond donors (Lipinski definition) is 0. The van der Waals surface area contributed by atoms with Crippen LogP contribution in [-0.4, -0.2) is 64.0 Å². The molecule has 0 N–H and O–H groups in total. The van der Waals surface area contributed by atoms with Gasteiger partial charge in [-0.15, -0.1) is 0 Å². The molecule has 0 fully saturated rings. The minimum absolute atomic E-state index is 0.174. The summed E-state index contributed by atoms with van der Waals surface area (Å²) in [5.74, 6) is -3.79. The average Bonchev–Trinajstić information content (AvgIpc) is 2.94. The predicted molar refractivity (Wildman–Crippen MR) is 159 cm³/mol. The lowest BCUT2D eigenvalue weighted by molar-refractivity contribution is -0.160. The van der Waals surface area contributed by atoms with E-state index in [1.54, 1.807) is 81.4 Å². The molecule has 0 amide bonds. The third-order valence-electron chi connectivity index (χ3n) is 5.34. The number of hydrogen-bond acceptors (Lipinski definition) is 13. The van der Waals surface area contributed by atoms with Gasteiger partial charge in [-0.25, -0.2) is 19.2 Å². The Balaban J connectivity index is 1.89. The lowest BCUT2D eigenvalue weighted by Crippen LogP contribution is -2.36. The molecule has 13 heteroatoms. The van der Waals surface area contributed by atoms with Crippen LogP contribution < -0.4 is 0 Å². The van der Waals surface area contributed by atoms with Crippen LogP contribution >= 0.6 is 23.5 Å². The summed E-state index contributed by atoms with van der Waals surface area (Å²) in [6.07, 6.45) is -0.353. The number of esters is 3. The molecule has 0 radical (unpaired) electrons. The maximum Gasteiger partial charge on any atom is 0.371 e. The summed E-state index contributed by atoms with van der Waals surface area (Å²) in [4.78, 5) is 74.6. The van der Waals surface area contributed by atoms with Gasteiger partial charge in [0.15, 0.2) is 0 Å². The molecule has 0 aliphatic heterocycles. The van der Waals surface area contributed by atoms with E-state index in [4.69, 9.17) is 23.7 Å². The molecule has 2 aromatic rings. The fourth-order valence-electron chi connectivity index (χ4n) is 3.15. The van der Waals surface area contributed by atoms with Crippen molar-refractivity contribution in [3.63, 3.8) is 0 Å². The topological polar surface area (TPSA) is 149 Å². The minimum Gasteiger partial charge on any atom is -0.460 e. The normalized spacial score (nSPS) is 11.9. The molecule has 2 rings (SSSR count). The summed E-state index contributed by atoms with van der Waals surface area (Å²) in [5.41, 5.74) is -0.294. The largest absolute Gasteiger partial charge is 0.460 e. The maximum atomic E-state index is 13.2. The quantitative estimate of drug-likeness (QED) is 0.143. The smallest absolute Gasteiger partial charge is 0.371 e. The Bertz CT molecular complexity index is 1270. The summed E-state index contributed by atoms with van der Waals surface area (Å²) < 4.78 is 23.8. The SMILES string of the molecule is CC(C)(C)OC(=O)[C@H](CSC(=O)OCOC(=O)c1ccccc1)CC(=O)C(C)(C)SC(=O)OCOC(=O)c1ccccc1. The summed E-state index contributed by atoms with van der Waals surface area (Å²) in [6.45, 7) is 6.65. The number of Topliss-reactive ketones (excluding diaryl/α,β-unsaturated/α-hetero) is 1. The molecule has 43 heavy (non-hydrogen) atoms. The van der Waals surface area contributed by atoms with Crippen LogP contribution in [0.3, 0.4) is 0 Å². The minimum atomic E-state index is -1.34. The van der Waals surface area contributed by atoms with Crippen molar-refractivity contribution in [1.82, 2.24) is 0 Å². The van der Waals surface area contributed by atoms with Crippen LogP contribution in [-0.2, 0) is 33.3 Å². The molecule has 0 aliphatic carbocycles. The summed E-state index contributed by atoms with van der Waals surface area (Å²) in [7, 11) is 0. The van der Waals surface area contributed by atoms with E-state index in [0.29, 0.717) is 23.5 Å². The van der Waals surface area contributed by atoms with Gasteiger partial charge in [-0.05, 0) is 82.4 Å². The van der Waals surface area contributed by atoms with Crippen molar-refractivity contribution in [2.45, 2.75) is 51.4 Å². The van der Waals surface area contributed by atoms with Gasteiger partial charge in [0.2, 0.25) is 13.6 Å². The van der Waals surface area contributed by atoms with E-state index < -0.39 is 64.1 Å². The zero-order chi connectivity index (χ0) is 32.0. The van der Waals surface area contributed by atoms with E-state index in [1.165, 1.54) is 13.8 Å². The fraction of sp³-hybridized carbons (Fsp3) is 0.400. The van der Waals surface area contributed by atoms with E-state index in [9.17, 15) is 28.8 Å². The molecule has 0 saturated heterocycles. The summed E-state index contributed by atoms with van der Waals surface area (Å²) >= 11 is 1.17. The molecule has 11 nitrogen and oxygen atoms in total. The van der Waals surface area contributed by atoms with Crippen molar-refractivity contribution in [1.29, 1.82) is 0 Å². The number of benzene rings is 2. The zero-order valence-electron chi connectivity index (χ0n) is 24.5. The second kappa shape index (κ2) is 16.7. The standard InChI is InChI=1S/C30H34O11S2/c1-29(2,3)41-26(34)22(17-42-27(35)39-18-37-24(32)20-12-8-6-9-13-20)16-23(31)30(4,5)43-28(36)40-19-38-25(33)21-14-10-7-11-15-21/h6-15,22H,16-19H2,1-5H3/t22-/m0/s1. The van der Waals surface area contributed by atoms with Gasteiger partial charge in [-0.2, -0.15) is 0 Å². The van der Waals surface area contributed by atoms with Crippen molar-refractivity contribution in [3.8, 4) is 0 Å². The lowest BCUT2D eigenvalue weighted by Gasteiger charge is -2.26. The van der Waals surface area contributed by atoms with Gasteiger partial charge in [-0.1, -0.05) is 36.4 Å². The van der Waals surface area contributed by atoms with E-state index in [2.05, 4.69) is 0 Å². The van der Waals surface area contributed by atoms with Crippen molar-refractivity contribution >= 4 is 57.8 Å². The van der Waals surface area contributed by atoms with Crippen LogP contribution in [0.25, 0.3) is 0 Å². The van der Waals surface area contributed by atoms with Gasteiger partial charge in [0.05, 0.1) is 21.8 Å². The number of ether oxygens (including phenoxy) is 5. The average molecular weight is 635 g/mol. The van der Waals surface area contributed by atoms with Crippen LogP contribution in [0.4, 0.5) is 9.59 Å². The lowest BCUT2D eigenvalue weighted by atomic mass is 9.97.